The summed E-state index contributed by atoms with van der Waals surface area (Å²) in [5, 5.41) is 15.0. The van der Waals surface area contributed by atoms with Crippen molar-refractivity contribution >= 4 is 27.3 Å². The van der Waals surface area contributed by atoms with Crippen molar-refractivity contribution in [2.24, 2.45) is 5.92 Å². The SMILES string of the molecule is COc1ccc([C@H]2Nc3ccc(Br)cc3C3C=CCC32)cc1[N+](=O)[O-]. The fourth-order valence-corrected chi connectivity index (χ4v) is 4.32. The number of hydrogen-bond donors (Lipinski definition) is 1. The van der Waals surface area contributed by atoms with Gasteiger partial charge in [-0.1, -0.05) is 34.1 Å². The number of rotatable bonds is 3. The van der Waals surface area contributed by atoms with Gasteiger partial charge in [-0.3, -0.25) is 10.1 Å². The molecule has 0 bridgehead atoms. The Hall–Kier alpha value is -2.34. The quantitative estimate of drug-likeness (QED) is 0.437. The molecule has 2 aromatic carbocycles. The molecule has 0 amide bonds. The van der Waals surface area contributed by atoms with E-state index in [1.54, 1.807) is 12.1 Å². The van der Waals surface area contributed by atoms with Gasteiger partial charge in [0.15, 0.2) is 5.75 Å². The van der Waals surface area contributed by atoms with Crippen LogP contribution in [0.4, 0.5) is 11.4 Å². The van der Waals surface area contributed by atoms with Gasteiger partial charge in [0.25, 0.3) is 0 Å². The highest BCUT2D eigenvalue weighted by atomic mass is 79.9. The van der Waals surface area contributed by atoms with E-state index in [4.69, 9.17) is 4.74 Å². The van der Waals surface area contributed by atoms with E-state index in [2.05, 4.69) is 45.5 Å². The molecule has 1 aliphatic carbocycles. The number of methoxy groups -OCH3 is 1. The first-order chi connectivity index (χ1) is 12.1. The largest absolute Gasteiger partial charge is 0.490 e. The molecule has 0 radical (unpaired) electrons. The molecule has 0 spiro atoms. The number of fused-ring (bicyclic) bond motifs is 3. The highest BCUT2D eigenvalue weighted by Gasteiger charge is 2.38. The number of allylic oxidation sites excluding steroid dienone is 2. The molecule has 25 heavy (non-hydrogen) atoms. The summed E-state index contributed by atoms with van der Waals surface area (Å²) in [5.41, 5.74) is 3.28. The maximum atomic E-state index is 11.4. The Morgan fingerprint density at radius 2 is 2.12 bits per heavy atom. The van der Waals surface area contributed by atoms with E-state index in [0.717, 1.165) is 22.1 Å². The predicted molar refractivity (Wildman–Crippen MR) is 100 cm³/mol. The zero-order chi connectivity index (χ0) is 17.6. The summed E-state index contributed by atoms with van der Waals surface area (Å²) in [5.74, 6) is 0.949. The van der Waals surface area contributed by atoms with E-state index in [-0.39, 0.29) is 22.4 Å². The molecular formula is C19H17BrN2O3. The summed E-state index contributed by atoms with van der Waals surface area (Å²) >= 11 is 3.55. The number of benzene rings is 2. The molecule has 0 saturated carbocycles. The number of anilines is 1. The monoisotopic (exact) mass is 400 g/mol. The molecule has 6 heteroatoms. The minimum atomic E-state index is -0.388. The standard InChI is InChI=1S/C19H17BrN2O3/c1-25-18-8-5-11(9-17(18)22(23)24)19-14-4-2-3-13(14)15-10-12(20)6-7-16(15)21-19/h2-3,5-10,13-14,19,21H,4H2,1H3/t13?,14?,19-/m1/s1. The molecule has 4 rings (SSSR count). The van der Waals surface area contributed by atoms with Gasteiger partial charge in [-0.25, -0.2) is 0 Å². The second-order valence-electron chi connectivity index (χ2n) is 6.40. The van der Waals surface area contributed by atoms with Crippen LogP contribution in [-0.2, 0) is 0 Å². The van der Waals surface area contributed by atoms with Crippen LogP contribution in [0.15, 0.2) is 53.0 Å². The summed E-state index contributed by atoms with van der Waals surface area (Å²) in [4.78, 5) is 11.0. The number of nitrogens with zero attached hydrogens (tertiary/aromatic N) is 1. The molecule has 128 valence electrons. The topological polar surface area (TPSA) is 64.4 Å². The Balaban J connectivity index is 1.78. The molecule has 0 aromatic heterocycles. The van der Waals surface area contributed by atoms with Crippen LogP contribution >= 0.6 is 15.9 Å². The van der Waals surface area contributed by atoms with Gasteiger partial charge in [0.1, 0.15) is 0 Å². The van der Waals surface area contributed by atoms with Gasteiger partial charge in [-0.2, -0.15) is 0 Å². The average molecular weight is 401 g/mol. The highest BCUT2D eigenvalue weighted by Crippen LogP contribution is 2.50. The average Bonchev–Trinajstić information content (AvgIpc) is 3.10. The molecule has 5 nitrogen and oxygen atoms in total. The van der Waals surface area contributed by atoms with E-state index in [1.807, 2.05) is 12.1 Å². The van der Waals surface area contributed by atoms with Gasteiger partial charge >= 0.3 is 5.69 Å². The summed E-state index contributed by atoms with van der Waals surface area (Å²) in [6.45, 7) is 0. The van der Waals surface area contributed by atoms with Gasteiger partial charge in [0.2, 0.25) is 0 Å². The van der Waals surface area contributed by atoms with E-state index in [1.165, 1.54) is 12.7 Å². The number of hydrogen-bond acceptors (Lipinski definition) is 4. The van der Waals surface area contributed by atoms with Crippen LogP contribution in [0.3, 0.4) is 0 Å². The summed E-state index contributed by atoms with van der Waals surface area (Å²) < 4.78 is 6.19. The van der Waals surface area contributed by atoms with Crippen LogP contribution in [0.1, 0.15) is 29.5 Å². The molecular weight excluding hydrogens is 384 g/mol. The first kappa shape index (κ1) is 16.1. The molecule has 1 heterocycles. The van der Waals surface area contributed by atoms with Gasteiger partial charge in [-0.15, -0.1) is 0 Å². The van der Waals surface area contributed by atoms with E-state index in [9.17, 15) is 10.1 Å². The van der Waals surface area contributed by atoms with Crippen LogP contribution in [0.5, 0.6) is 5.75 Å². The molecule has 2 aliphatic rings. The Bertz CT molecular complexity index is 881. The van der Waals surface area contributed by atoms with Crippen LogP contribution in [-0.4, -0.2) is 12.0 Å². The van der Waals surface area contributed by atoms with E-state index < -0.39 is 0 Å². The van der Waals surface area contributed by atoms with Crippen molar-refractivity contribution in [3.05, 3.63) is 74.3 Å². The first-order valence-corrected chi connectivity index (χ1v) is 8.93. The van der Waals surface area contributed by atoms with Gasteiger partial charge in [0, 0.05) is 22.1 Å². The lowest BCUT2D eigenvalue weighted by Crippen LogP contribution is -2.29. The normalized spacial score (nSPS) is 23.5. The number of nitro groups is 1. The second kappa shape index (κ2) is 6.19. The molecule has 1 N–H and O–H groups in total. The fourth-order valence-electron chi connectivity index (χ4n) is 3.94. The Morgan fingerprint density at radius 3 is 2.88 bits per heavy atom. The number of nitrogens with one attached hydrogen (secondary N) is 1. The molecule has 1 aliphatic heterocycles. The molecule has 2 unspecified atom stereocenters. The zero-order valence-electron chi connectivity index (χ0n) is 13.6. The van der Waals surface area contributed by atoms with Crippen molar-refractivity contribution in [2.75, 3.05) is 12.4 Å². The van der Waals surface area contributed by atoms with Gasteiger partial charge in [0.05, 0.1) is 18.1 Å². The van der Waals surface area contributed by atoms with Crippen LogP contribution in [0.2, 0.25) is 0 Å². The van der Waals surface area contributed by atoms with Crippen molar-refractivity contribution < 1.29 is 9.66 Å². The Kier molecular flexibility index (Phi) is 4.00. The zero-order valence-corrected chi connectivity index (χ0v) is 15.2. The number of nitro benzene ring substituents is 1. The summed E-state index contributed by atoms with van der Waals surface area (Å²) in [7, 11) is 1.45. The third-order valence-corrected chi connectivity index (χ3v) is 5.58. The van der Waals surface area contributed by atoms with E-state index in [0.29, 0.717) is 11.8 Å². The Labute approximate surface area is 154 Å². The predicted octanol–water partition coefficient (Wildman–Crippen LogP) is 5.19. The smallest absolute Gasteiger partial charge is 0.311 e. The first-order valence-electron chi connectivity index (χ1n) is 8.13. The van der Waals surface area contributed by atoms with E-state index >= 15 is 0 Å². The maximum Gasteiger partial charge on any atom is 0.311 e. The lowest BCUT2D eigenvalue weighted by Gasteiger charge is -2.37. The van der Waals surface area contributed by atoms with Crippen molar-refractivity contribution in [1.82, 2.24) is 0 Å². The van der Waals surface area contributed by atoms with Crippen molar-refractivity contribution in [1.29, 1.82) is 0 Å². The van der Waals surface area contributed by atoms with Crippen LogP contribution in [0, 0.1) is 16.0 Å². The van der Waals surface area contributed by atoms with Crippen molar-refractivity contribution in [2.45, 2.75) is 18.4 Å². The van der Waals surface area contributed by atoms with Crippen LogP contribution < -0.4 is 10.1 Å². The summed E-state index contributed by atoms with van der Waals surface area (Å²) in [6, 6.07) is 11.5. The minimum absolute atomic E-state index is 0.00547. The Morgan fingerprint density at radius 1 is 1.28 bits per heavy atom. The van der Waals surface area contributed by atoms with Gasteiger partial charge < -0.3 is 10.1 Å². The molecule has 3 atom stereocenters. The van der Waals surface area contributed by atoms with Crippen molar-refractivity contribution in [3.63, 3.8) is 0 Å². The third kappa shape index (κ3) is 2.70. The molecule has 2 aromatic rings. The summed E-state index contributed by atoms with van der Waals surface area (Å²) in [6.07, 6.45) is 5.41. The lowest BCUT2D eigenvalue weighted by atomic mass is 9.77. The van der Waals surface area contributed by atoms with Crippen LogP contribution in [0.25, 0.3) is 0 Å². The van der Waals surface area contributed by atoms with Gasteiger partial charge in [-0.05, 0) is 47.7 Å². The second-order valence-corrected chi connectivity index (χ2v) is 7.31. The molecule has 0 fully saturated rings. The molecule has 0 saturated heterocycles. The number of halogens is 1. The van der Waals surface area contributed by atoms with Crippen molar-refractivity contribution in [3.8, 4) is 5.75 Å². The fraction of sp³-hybridized carbons (Fsp3) is 0.263. The highest BCUT2D eigenvalue weighted by molar-refractivity contribution is 9.10. The lowest BCUT2D eigenvalue weighted by molar-refractivity contribution is -0.385. The maximum absolute atomic E-state index is 11.4. The number of ether oxygens (including phenoxy) is 1. The minimum Gasteiger partial charge on any atom is -0.490 e. The third-order valence-electron chi connectivity index (χ3n) is 5.08.